The van der Waals surface area contributed by atoms with Crippen LogP contribution in [0.5, 0.6) is 5.75 Å². The van der Waals surface area contributed by atoms with Gasteiger partial charge in [-0.25, -0.2) is 8.96 Å². The van der Waals surface area contributed by atoms with Crippen molar-refractivity contribution in [2.24, 2.45) is 10.2 Å². The number of unbranched alkanes of at least 4 members (excludes halogenated alkanes) is 6. The van der Waals surface area contributed by atoms with Crippen LogP contribution in [0.3, 0.4) is 0 Å². The molecule has 0 radical (unpaired) electrons. The van der Waals surface area contributed by atoms with Gasteiger partial charge in [-0.05, 0) is 131 Å². The summed E-state index contributed by atoms with van der Waals surface area (Å²) >= 11 is 0. The molecular weight excluding hydrogens is 1080 g/mol. The second-order valence-corrected chi connectivity index (χ2v) is 23.8. The normalized spacial score (nSPS) is 15.5. The molecule has 0 aromatic heterocycles. The molecule has 84 heavy (non-hydrogen) atoms. The van der Waals surface area contributed by atoms with Crippen LogP contribution in [0.1, 0.15) is 132 Å². The van der Waals surface area contributed by atoms with Crippen LogP contribution < -0.4 is 35.6 Å². The number of hydrogen-bond acceptors (Lipinski definition) is 10. The van der Waals surface area contributed by atoms with E-state index in [2.05, 4.69) is 147 Å². The maximum absolute atomic E-state index is 15.1. The van der Waals surface area contributed by atoms with Crippen molar-refractivity contribution in [1.82, 2.24) is 21.3 Å². The number of carbonyl (C=O) groups excluding carboxylic acids is 4. The van der Waals surface area contributed by atoms with Crippen molar-refractivity contribution in [2.45, 2.75) is 121 Å². The number of para-hydroxylation sites is 3. The molecule has 2 atom stereocenters. The van der Waals surface area contributed by atoms with Crippen molar-refractivity contribution in [3.8, 4) is 5.75 Å². The molecule has 446 valence electrons. The predicted octanol–water partition coefficient (Wildman–Crippen LogP) is 12.0. The Bertz CT molecular complexity index is 3260. The van der Waals surface area contributed by atoms with Crippen LogP contribution in [0.25, 0.3) is 0 Å². The highest BCUT2D eigenvalue weighted by Gasteiger charge is 2.43. The Morgan fingerprint density at radius 2 is 1.29 bits per heavy atom. The molecule has 0 spiro atoms. The molecule has 2 heterocycles. The van der Waals surface area contributed by atoms with Crippen molar-refractivity contribution < 1.29 is 47.0 Å². The highest BCUT2D eigenvalue weighted by atomic mass is 31.2. The molecule has 6 N–H and O–H groups in total. The van der Waals surface area contributed by atoms with E-state index in [4.69, 9.17) is 0 Å². The number of allylic oxidation sites excluding steroid dienone is 4. The first-order chi connectivity index (χ1) is 40.1. The minimum atomic E-state index is -4.97. The van der Waals surface area contributed by atoms with E-state index in [1.165, 1.54) is 58.2 Å². The molecule has 2 aliphatic rings. The standard InChI is InChI=1S/C65H81FN9O8P/c1-64(2)51-25-13-15-28-54(51)74(7)57(64)31-23-32-58-65(3,4)52-26-14-16-29-55(52)75(58)45-22-10-11-33-59(76)70-53(27-18-21-44-67-61(77)46-34-36-47(37-35-46)71-72-48-38-40-49(41-39-48)73(5)6)62(78)68-42-19-8-9-20-43-69-63(79)60(66)50-24-12-17-30-56(50)83-84(80,81)82/h12-17,23-26,28-32,34-41,53,60H,8-11,18-22,27,33,42-45H2,1-7H3,(H5-,67,68,69,70,76,77,78,79,80,81,82)/p+1. The van der Waals surface area contributed by atoms with Crippen LogP contribution in [0.15, 0.2) is 155 Å². The second kappa shape index (κ2) is 29.6. The van der Waals surface area contributed by atoms with E-state index in [9.17, 15) is 33.5 Å². The van der Waals surface area contributed by atoms with Crippen molar-refractivity contribution in [3.05, 3.63) is 168 Å². The number of carbonyl (C=O) groups is 4. The largest absolute Gasteiger partial charge is 0.524 e. The Kier molecular flexibility index (Phi) is 22.5. The number of anilines is 2. The molecule has 2 unspecified atom stereocenters. The van der Waals surface area contributed by atoms with Gasteiger partial charge in [0.05, 0.1) is 16.8 Å². The smallest absolute Gasteiger partial charge is 0.404 e. The van der Waals surface area contributed by atoms with Crippen LogP contribution >= 0.6 is 7.82 Å². The van der Waals surface area contributed by atoms with Crippen molar-refractivity contribution in [1.29, 1.82) is 0 Å². The first kappa shape index (κ1) is 63.8. The van der Waals surface area contributed by atoms with Crippen LogP contribution in [-0.2, 0) is 29.8 Å². The van der Waals surface area contributed by atoms with Gasteiger partial charge in [0.15, 0.2) is 5.71 Å². The van der Waals surface area contributed by atoms with Crippen molar-refractivity contribution >= 4 is 65.6 Å². The summed E-state index contributed by atoms with van der Waals surface area (Å²) in [4.78, 5) is 75.7. The van der Waals surface area contributed by atoms with E-state index in [0.717, 1.165) is 25.1 Å². The van der Waals surface area contributed by atoms with Gasteiger partial charge < -0.3 is 35.6 Å². The van der Waals surface area contributed by atoms with Crippen molar-refractivity contribution in [3.63, 3.8) is 0 Å². The molecule has 0 saturated heterocycles. The number of benzene rings is 5. The first-order valence-corrected chi connectivity index (χ1v) is 30.6. The van der Waals surface area contributed by atoms with Crippen LogP contribution in [-0.4, -0.2) is 97.1 Å². The van der Waals surface area contributed by atoms with Crippen LogP contribution in [0, 0.1) is 0 Å². The Morgan fingerprint density at radius 1 is 0.702 bits per heavy atom. The van der Waals surface area contributed by atoms with Gasteiger partial charge in [0.2, 0.25) is 23.7 Å². The number of alkyl halides is 1. The summed E-state index contributed by atoms with van der Waals surface area (Å²) in [6.07, 6.45) is 11.0. The molecule has 2 aliphatic heterocycles. The fourth-order valence-electron chi connectivity index (χ4n) is 10.9. The number of fused-ring (bicyclic) bond motifs is 2. The Hall–Kier alpha value is -7.79. The first-order valence-electron chi connectivity index (χ1n) is 29.0. The van der Waals surface area contributed by atoms with E-state index in [0.29, 0.717) is 81.4 Å². The van der Waals surface area contributed by atoms with E-state index in [1.54, 1.807) is 24.3 Å². The SMILES string of the molecule is CN(C)c1ccc(N=Nc2ccc(C(=O)NCCCCC(NC(=O)CCCCCN3/C(=C/C=C/C4=[N+](C)c5ccccc5C4(C)C)C(C)(C)c4ccccc43)C(=O)NCCCCCCNC(=O)C(F)c3ccccc3OP(=O)(O)O)cc2)cc1. The third kappa shape index (κ3) is 17.2. The molecule has 0 saturated carbocycles. The number of phosphoric ester groups is 1. The Morgan fingerprint density at radius 3 is 1.95 bits per heavy atom. The minimum Gasteiger partial charge on any atom is -0.404 e. The molecule has 19 heteroatoms. The maximum atomic E-state index is 15.1. The Labute approximate surface area is 493 Å². The lowest BCUT2D eigenvalue weighted by Crippen LogP contribution is -2.47. The molecule has 0 bridgehead atoms. The number of amides is 4. The minimum absolute atomic E-state index is 0.137. The van der Waals surface area contributed by atoms with E-state index >= 15 is 4.39 Å². The van der Waals surface area contributed by atoms with E-state index in [-0.39, 0.29) is 47.1 Å². The number of rotatable bonds is 30. The number of azo groups is 1. The van der Waals surface area contributed by atoms with Gasteiger partial charge in [-0.15, -0.1) is 0 Å². The van der Waals surface area contributed by atoms with E-state index in [1.807, 2.05) is 43.3 Å². The lowest BCUT2D eigenvalue weighted by atomic mass is 9.81. The molecule has 4 amide bonds. The summed E-state index contributed by atoms with van der Waals surface area (Å²) in [5, 5.41) is 20.1. The van der Waals surface area contributed by atoms with Gasteiger partial charge in [0.25, 0.3) is 11.8 Å². The van der Waals surface area contributed by atoms with E-state index < -0.39 is 31.7 Å². The summed E-state index contributed by atoms with van der Waals surface area (Å²) in [6, 6.07) is 36.2. The number of hydrogen-bond donors (Lipinski definition) is 6. The molecule has 17 nitrogen and oxygen atoms in total. The van der Waals surface area contributed by atoms with Gasteiger partial charge in [0, 0.05) is 98.0 Å². The van der Waals surface area contributed by atoms with Gasteiger partial charge in [-0.1, -0.05) is 93.8 Å². The van der Waals surface area contributed by atoms with Gasteiger partial charge in [-0.3, -0.25) is 29.0 Å². The lowest BCUT2D eigenvalue weighted by molar-refractivity contribution is -0.401. The maximum Gasteiger partial charge on any atom is 0.524 e. The average molecular weight is 1170 g/mol. The average Bonchev–Trinajstić information content (AvgIpc) is 2.28. The number of nitrogens with zero attached hydrogens (tertiary/aromatic N) is 5. The fourth-order valence-corrected chi connectivity index (χ4v) is 11.3. The molecule has 5 aromatic carbocycles. The summed E-state index contributed by atoms with van der Waals surface area (Å²) in [5.41, 5.74) is 9.65. The second-order valence-electron chi connectivity index (χ2n) is 22.6. The molecule has 7 rings (SSSR count). The summed E-state index contributed by atoms with van der Waals surface area (Å²) in [7, 11) is 1.10. The Balaban J connectivity index is 0.883. The van der Waals surface area contributed by atoms with Gasteiger partial charge in [0.1, 0.15) is 18.8 Å². The topological polar surface area (TPSA) is 217 Å². The summed E-state index contributed by atoms with van der Waals surface area (Å²) < 4.78 is 33.3. The van der Waals surface area contributed by atoms with Crippen LogP contribution in [0.4, 0.5) is 32.8 Å². The van der Waals surface area contributed by atoms with Crippen molar-refractivity contribution in [2.75, 3.05) is 57.1 Å². The lowest BCUT2D eigenvalue weighted by Gasteiger charge is -2.27. The van der Waals surface area contributed by atoms with Gasteiger partial charge in [-0.2, -0.15) is 14.8 Å². The quantitative estimate of drug-likeness (QED) is 0.0111. The highest BCUT2D eigenvalue weighted by molar-refractivity contribution is 7.46. The highest BCUT2D eigenvalue weighted by Crippen LogP contribution is 2.48. The molecule has 0 fully saturated rings. The zero-order valence-electron chi connectivity index (χ0n) is 49.4. The zero-order valence-corrected chi connectivity index (χ0v) is 50.3. The van der Waals surface area contributed by atoms with Crippen LogP contribution in [0.2, 0.25) is 0 Å². The number of nitrogens with one attached hydrogen (secondary N) is 4. The fraction of sp³-hybridized carbons (Fsp3) is 0.400. The predicted molar refractivity (Wildman–Crippen MR) is 330 cm³/mol. The van der Waals surface area contributed by atoms with Gasteiger partial charge >= 0.3 is 7.82 Å². The summed E-state index contributed by atoms with van der Waals surface area (Å²) in [5.74, 6) is -2.12. The summed E-state index contributed by atoms with van der Waals surface area (Å²) in [6.45, 7) is 10.8. The third-order valence-corrected chi connectivity index (χ3v) is 15.9. The zero-order chi connectivity index (χ0) is 60.4. The molecule has 0 aliphatic carbocycles. The monoisotopic (exact) mass is 1170 g/mol. The number of halogens is 1. The molecular formula is C65H82FN9O8P+. The number of phosphoric acid groups is 1. The molecule has 5 aromatic rings. The third-order valence-electron chi connectivity index (χ3n) is 15.5.